The van der Waals surface area contributed by atoms with E-state index in [9.17, 15) is 25.5 Å². The number of phenolic OH excluding ortho intramolecular Hbond substituents is 4. The first kappa shape index (κ1) is 15.3. The van der Waals surface area contributed by atoms with Gasteiger partial charge in [-0.15, -0.1) is 0 Å². The number of aliphatic hydroxyl groups is 1. The largest absolute Gasteiger partial charge is 0.504 e. The molecule has 2 atom stereocenters. The standard InChI is InChI=1S/C16H14O6.H2O/c17-10-2-1-8-13-9-4-12(19)11(18)3-7(9)5-16(13,21)6-22-15(8)14(10)20;/h1-4,13,17-21H,5-6H2;1H2. The maximum Gasteiger partial charge on any atom is 0.200 e. The Bertz CT molecular complexity index is 802. The summed E-state index contributed by atoms with van der Waals surface area (Å²) in [6, 6.07) is 5.77. The van der Waals surface area contributed by atoms with Gasteiger partial charge in [-0.05, 0) is 29.3 Å². The smallest absolute Gasteiger partial charge is 0.200 e. The second-order valence-corrected chi connectivity index (χ2v) is 5.89. The van der Waals surface area contributed by atoms with Crippen LogP contribution in [0.15, 0.2) is 24.3 Å². The lowest BCUT2D eigenvalue weighted by molar-refractivity contribution is -0.0228. The SMILES string of the molecule is O.Oc1cc2c(cc1O)C1c3ccc(O)c(O)c3OCC1(O)C2. The van der Waals surface area contributed by atoms with E-state index >= 15 is 0 Å². The highest BCUT2D eigenvalue weighted by Crippen LogP contribution is 2.55. The summed E-state index contributed by atoms with van der Waals surface area (Å²) in [4.78, 5) is 0. The Kier molecular flexibility index (Phi) is 3.10. The van der Waals surface area contributed by atoms with Gasteiger partial charge in [-0.1, -0.05) is 6.07 Å². The fourth-order valence-corrected chi connectivity index (χ4v) is 3.52. The molecule has 0 spiro atoms. The molecular weight excluding hydrogens is 304 g/mol. The summed E-state index contributed by atoms with van der Waals surface area (Å²) in [6.45, 7) is -0.0577. The molecule has 0 amide bonds. The van der Waals surface area contributed by atoms with Gasteiger partial charge < -0.3 is 35.7 Å². The number of phenols is 4. The van der Waals surface area contributed by atoms with E-state index < -0.39 is 11.5 Å². The summed E-state index contributed by atoms with van der Waals surface area (Å²) in [5.74, 6) is -1.54. The van der Waals surface area contributed by atoms with Crippen LogP contribution < -0.4 is 4.74 Å². The Morgan fingerprint density at radius 1 is 0.957 bits per heavy atom. The number of aromatic hydroxyl groups is 4. The maximum absolute atomic E-state index is 10.9. The normalized spacial score (nSPS) is 24.0. The van der Waals surface area contributed by atoms with Crippen molar-refractivity contribution in [3.05, 3.63) is 41.0 Å². The van der Waals surface area contributed by atoms with E-state index in [-0.39, 0.29) is 47.3 Å². The summed E-state index contributed by atoms with van der Waals surface area (Å²) >= 11 is 0. The van der Waals surface area contributed by atoms with Gasteiger partial charge in [0.1, 0.15) is 12.2 Å². The molecule has 4 rings (SSSR count). The van der Waals surface area contributed by atoms with Crippen molar-refractivity contribution in [3.63, 3.8) is 0 Å². The molecule has 1 heterocycles. The van der Waals surface area contributed by atoms with Crippen molar-refractivity contribution in [3.8, 4) is 28.7 Å². The maximum atomic E-state index is 10.9. The van der Waals surface area contributed by atoms with E-state index in [4.69, 9.17) is 4.74 Å². The van der Waals surface area contributed by atoms with Crippen LogP contribution in [0.1, 0.15) is 22.6 Å². The van der Waals surface area contributed by atoms with Crippen molar-refractivity contribution in [2.75, 3.05) is 6.61 Å². The average molecular weight is 320 g/mol. The van der Waals surface area contributed by atoms with E-state index in [1.807, 2.05) is 0 Å². The molecule has 2 unspecified atom stereocenters. The molecule has 0 saturated carbocycles. The molecule has 2 aliphatic rings. The minimum Gasteiger partial charge on any atom is -0.504 e. The van der Waals surface area contributed by atoms with Crippen LogP contribution in [0.3, 0.4) is 0 Å². The zero-order valence-electron chi connectivity index (χ0n) is 11.9. The molecular formula is C16H16O7. The molecule has 7 nitrogen and oxygen atoms in total. The van der Waals surface area contributed by atoms with Crippen LogP contribution in [0.2, 0.25) is 0 Å². The molecule has 7 heteroatoms. The lowest BCUT2D eigenvalue weighted by atomic mass is 9.80. The highest BCUT2D eigenvalue weighted by molar-refractivity contribution is 5.63. The summed E-state index contributed by atoms with van der Waals surface area (Å²) in [7, 11) is 0. The van der Waals surface area contributed by atoms with Crippen LogP contribution in [0.4, 0.5) is 0 Å². The molecule has 23 heavy (non-hydrogen) atoms. The summed E-state index contributed by atoms with van der Waals surface area (Å²) in [5, 5.41) is 49.8. The number of rotatable bonds is 0. The Morgan fingerprint density at radius 2 is 1.65 bits per heavy atom. The van der Waals surface area contributed by atoms with Crippen molar-refractivity contribution in [1.82, 2.24) is 0 Å². The van der Waals surface area contributed by atoms with Gasteiger partial charge in [0.25, 0.3) is 0 Å². The Hall–Kier alpha value is -2.64. The van der Waals surface area contributed by atoms with Crippen LogP contribution in [0.5, 0.6) is 28.7 Å². The first-order valence-corrected chi connectivity index (χ1v) is 6.85. The second kappa shape index (κ2) is 4.68. The Balaban J connectivity index is 0.00000156. The third-order valence-electron chi connectivity index (χ3n) is 4.50. The molecule has 2 aromatic carbocycles. The third-order valence-corrected chi connectivity index (χ3v) is 4.50. The quantitative estimate of drug-likeness (QED) is 0.447. The zero-order valence-corrected chi connectivity index (χ0v) is 11.9. The number of hydrogen-bond donors (Lipinski definition) is 5. The molecule has 0 radical (unpaired) electrons. The van der Waals surface area contributed by atoms with E-state index in [1.165, 1.54) is 18.2 Å². The average Bonchev–Trinajstić information content (AvgIpc) is 2.75. The predicted octanol–water partition coefficient (Wildman–Crippen LogP) is 0.496. The van der Waals surface area contributed by atoms with Crippen LogP contribution in [-0.2, 0) is 6.42 Å². The highest BCUT2D eigenvalue weighted by Gasteiger charge is 2.51. The van der Waals surface area contributed by atoms with Gasteiger partial charge in [0.05, 0.1) is 0 Å². The topological polar surface area (TPSA) is 142 Å². The van der Waals surface area contributed by atoms with E-state index in [1.54, 1.807) is 6.07 Å². The fourth-order valence-electron chi connectivity index (χ4n) is 3.52. The van der Waals surface area contributed by atoms with Crippen molar-refractivity contribution in [2.24, 2.45) is 0 Å². The molecule has 7 N–H and O–H groups in total. The minimum absolute atomic E-state index is 0. The lowest BCUT2D eigenvalue weighted by Gasteiger charge is -2.36. The van der Waals surface area contributed by atoms with Gasteiger partial charge in [-0.2, -0.15) is 0 Å². The molecule has 2 aromatic rings. The van der Waals surface area contributed by atoms with Crippen LogP contribution >= 0.6 is 0 Å². The molecule has 0 bridgehead atoms. The minimum atomic E-state index is -1.22. The van der Waals surface area contributed by atoms with Gasteiger partial charge in [0, 0.05) is 17.9 Å². The number of hydrogen-bond acceptors (Lipinski definition) is 6. The molecule has 1 aliphatic heterocycles. The van der Waals surface area contributed by atoms with Crippen LogP contribution in [0, 0.1) is 0 Å². The van der Waals surface area contributed by atoms with Crippen LogP contribution in [-0.4, -0.2) is 43.2 Å². The van der Waals surface area contributed by atoms with Crippen LogP contribution in [0.25, 0.3) is 0 Å². The Morgan fingerprint density at radius 3 is 2.39 bits per heavy atom. The van der Waals surface area contributed by atoms with Crippen molar-refractivity contribution in [1.29, 1.82) is 0 Å². The molecule has 0 saturated heterocycles. The third kappa shape index (κ3) is 1.90. The summed E-state index contributed by atoms with van der Waals surface area (Å²) in [6.07, 6.45) is 0.266. The van der Waals surface area contributed by atoms with Crippen molar-refractivity contribution in [2.45, 2.75) is 17.9 Å². The Labute approximate surface area is 131 Å². The fraction of sp³-hybridized carbons (Fsp3) is 0.250. The van der Waals surface area contributed by atoms with Gasteiger partial charge in [0.15, 0.2) is 23.0 Å². The van der Waals surface area contributed by atoms with Gasteiger partial charge >= 0.3 is 0 Å². The summed E-state index contributed by atoms with van der Waals surface area (Å²) < 4.78 is 5.46. The number of ether oxygens (including phenoxy) is 1. The van der Waals surface area contributed by atoms with Gasteiger partial charge in [-0.3, -0.25) is 0 Å². The van der Waals surface area contributed by atoms with Crippen molar-refractivity contribution >= 4 is 0 Å². The number of benzene rings is 2. The van der Waals surface area contributed by atoms with E-state index in [0.29, 0.717) is 16.7 Å². The molecule has 1 aliphatic carbocycles. The van der Waals surface area contributed by atoms with E-state index in [2.05, 4.69) is 0 Å². The monoisotopic (exact) mass is 320 g/mol. The predicted molar refractivity (Wildman–Crippen MR) is 79.1 cm³/mol. The highest BCUT2D eigenvalue weighted by atomic mass is 16.5. The van der Waals surface area contributed by atoms with E-state index in [0.717, 1.165) is 0 Å². The lowest BCUT2D eigenvalue weighted by Crippen LogP contribution is -2.43. The molecule has 0 aromatic heterocycles. The number of fused-ring (bicyclic) bond motifs is 5. The van der Waals surface area contributed by atoms with Crippen molar-refractivity contribution < 1.29 is 35.7 Å². The van der Waals surface area contributed by atoms with Gasteiger partial charge in [-0.25, -0.2) is 0 Å². The molecule has 0 fully saturated rings. The summed E-state index contributed by atoms with van der Waals surface area (Å²) in [5.41, 5.74) is 0.700. The van der Waals surface area contributed by atoms with Gasteiger partial charge in [0.2, 0.25) is 5.75 Å². The zero-order chi connectivity index (χ0) is 15.6. The first-order valence-electron chi connectivity index (χ1n) is 6.85. The molecule has 122 valence electrons. The second-order valence-electron chi connectivity index (χ2n) is 5.89. The first-order chi connectivity index (χ1) is 10.4.